The van der Waals surface area contributed by atoms with Gasteiger partial charge < -0.3 is 5.32 Å². The fourth-order valence-corrected chi connectivity index (χ4v) is 3.52. The smallest absolute Gasteiger partial charge is 0.0207 e. The first-order chi connectivity index (χ1) is 7.75. The number of nitrogens with zero attached hydrogens (tertiary/aromatic N) is 1. The fourth-order valence-electron chi connectivity index (χ4n) is 3.52. The molecule has 3 aliphatic rings. The molecule has 0 radical (unpaired) electrons. The summed E-state index contributed by atoms with van der Waals surface area (Å²) >= 11 is 0. The summed E-state index contributed by atoms with van der Waals surface area (Å²) in [6.07, 6.45) is 10.1. The predicted octanol–water partition coefficient (Wildman–Crippen LogP) is 2.39. The van der Waals surface area contributed by atoms with Crippen molar-refractivity contribution in [3.8, 4) is 0 Å². The summed E-state index contributed by atoms with van der Waals surface area (Å²) in [5.74, 6) is 0. The highest BCUT2D eigenvalue weighted by atomic mass is 15.2. The molecule has 16 heavy (non-hydrogen) atoms. The molecule has 0 bridgehead atoms. The van der Waals surface area contributed by atoms with Gasteiger partial charge in [-0.25, -0.2) is 0 Å². The molecule has 92 valence electrons. The Labute approximate surface area is 99.8 Å². The Hall–Kier alpha value is -0.0800. The van der Waals surface area contributed by atoms with Crippen LogP contribution >= 0.6 is 0 Å². The van der Waals surface area contributed by atoms with Crippen LogP contribution in [-0.4, -0.2) is 36.6 Å². The van der Waals surface area contributed by atoms with Crippen LogP contribution in [0, 0.1) is 5.41 Å². The van der Waals surface area contributed by atoms with Crippen LogP contribution in [0.2, 0.25) is 0 Å². The van der Waals surface area contributed by atoms with Crippen molar-refractivity contribution in [2.45, 2.75) is 64.0 Å². The van der Waals surface area contributed by atoms with Crippen LogP contribution in [-0.2, 0) is 0 Å². The van der Waals surface area contributed by atoms with Gasteiger partial charge in [0.15, 0.2) is 0 Å². The highest BCUT2D eigenvalue weighted by Crippen LogP contribution is 2.37. The van der Waals surface area contributed by atoms with E-state index in [0.717, 1.165) is 12.1 Å². The van der Waals surface area contributed by atoms with Gasteiger partial charge in [0, 0.05) is 31.7 Å². The van der Waals surface area contributed by atoms with Gasteiger partial charge in [-0.3, -0.25) is 4.90 Å². The minimum atomic E-state index is 0.618. The van der Waals surface area contributed by atoms with Crippen molar-refractivity contribution >= 4 is 0 Å². The Balaban J connectivity index is 1.42. The van der Waals surface area contributed by atoms with Gasteiger partial charge in [-0.05, 0) is 37.5 Å². The van der Waals surface area contributed by atoms with Crippen LogP contribution in [0.25, 0.3) is 0 Å². The van der Waals surface area contributed by atoms with Gasteiger partial charge in [0.05, 0.1) is 0 Å². The topological polar surface area (TPSA) is 15.3 Å². The summed E-state index contributed by atoms with van der Waals surface area (Å²) in [6, 6.07) is 1.76. The van der Waals surface area contributed by atoms with Gasteiger partial charge in [0.1, 0.15) is 0 Å². The third-order valence-electron chi connectivity index (χ3n) is 4.91. The second kappa shape index (κ2) is 4.30. The first-order valence-corrected chi connectivity index (χ1v) is 7.23. The number of rotatable bonds is 4. The standard InChI is InChI=1S/C14H26N2/c1-14(7-2-3-8-14)11-15-12-6-9-16(10-12)13-4-5-13/h12-13,15H,2-11H2,1H3. The normalized spacial score (nSPS) is 34.7. The molecule has 2 saturated carbocycles. The molecule has 1 unspecified atom stereocenters. The van der Waals surface area contributed by atoms with Gasteiger partial charge in [-0.1, -0.05) is 19.8 Å². The Kier molecular flexibility index (Phi) is 2.97. The molecular formula is C14H26N2. The van der Waals surface area contributed by atoms with E-state index in [-0.39, 0.29) is 0 Å². The summed E-state index contributed by atoms with van der Waals surface area (Å²) in [5, 5.41) is 3.84. The molecule has 0 aromatic rings. The van der Waals surface area contributed by atoms with Gasteiger partial charge >= 0.3 is 0 Å². The number of hydrogen-bond acceptors (Lipinski definition) is 2. The molecule has 1 heterocycles. The lowest BCUT2D eigenvalue weighted by molar-refractivity contribution is 0.282. The van der Waals surface area contributed by atoms with Crippen molar-refractivity contribution in [2.75, 3.05) is 19.6 Å². The maximum absolute atomic E-state index is 3.84. The molecule has 0 aromatic heterocycles. The minimum Gasteiger partial charge on any atom is -0.312 e. The van der Waals surface area contributed by atoms with Crippen molar-refractivity contribution in [3.63, 3.8) is 0 Å². The average Bonchev–Trinajstić information content (AvgIpc) is 2.87. The van der Waals surface area contributed by atoms with Crippen LogP contribution in [0.1, 0.15) is 51.9 Å². The molecule has 0 spiro atoms. The number of likely N-dealkylation sites (tertiary alicyclic amines) is 1. The summed E-state index contributed by atoms with van der Waals surface area (Å²) in [7, 11) is 0. The molecule has 1 saturated heterocycles. The Morgan fingerprint density at radius 1 is 1.19 bits per heavy atom. The monoisotopic (exact) mass is 222 g/mol. The summed E-state index contributed by atoms with van der Waals surface area (Å²) in [4.78, 5) is 2.70. The molecular weight excluding hydrogens is 196 g/mol. The molecule has 3 rings (SSSR count). The number of nitrogens with one attached hydrogen (secondary N) is 1. The van der Waals surface area contributed by atoms with E-state index in [1.807, 2.05) is 0 Å². The second-order valence-electron chi connectivity index (χ2n) is 6.61. The maximum atomic E-state index is 3.84. The first kappa shape index (κ1) is 11.0. The number of hydrogen-bond donors (Lipinski definition) is 1. The molecule has 1 aliphatic heterocycles. The third-order valence-corrected chi connectivity index (χ3v) is 4.91. The molecule has 2 heteroatoms. The zero-order chi connectivity index (χ0) is 11.0. The molecule has 0 aromatic carbocycles. The van der Waals surface area contributed by atoms with Crippen molar-refractivity contribution < 1.29 is 0 Å². The fraction of sp³-hybridized carbons (Fsp3) is 1.00. The minimum absolute atomic E-state index is 0.618. The van der Waals surface area contributed by atoms with Crippen molar-refractivity contribution in [2.24, 2.45) is 5.41 Å². The van der Waals surface area contributed by atoms with E-state index in [1.165, 1.54) is 64.6 Å². The average molecular weight is 222 g/mol. The molecule has 1 atom stereocenters. The Morgan fingerprint density at radius 3 is 2.62 bits per heavy atom. The highest BCUT2D eigenvalue weighted by Gasteiger charge is 2.35. The summed E-state index contributed by atoms with van der Waals surface area (Å²) < 4.78 is 0. The SMILES string of the molecule is CC1(CNC2CCN(C3CC3)C2)CCCC1. The lowest BCUT2D eigenvalue weighted by Gasteiger charge is -2.26. The molecule has 2 nitrogen and oxygen atoms in total. The van der Waals surface area contributed by atoms with Crippen LogP contribution in [0.5, 0.6) is 0 Å². The second-order valence-corrected chi connectivity index (χ2v) is 6.61. The lowest BCUT2D eigenvalue weighted by Crippen LogP contribution is -2.39. The predicted molar refractivity (Wildman–Crippen MR) is 67.6 cm³/mol. The van der Waals surface area contributed by atoms with Gasteiger partial charge in [0.2, 0.25) is 0 Å². The highest BCUT2D eigenvalue weighted by molar-refractivity contribution is 4.93. The zero-order valence-electron chi connectivity index (χ0n) is 10.7. The molecule has 1 N–H and O–H groups in total. The Morgan fingerprint density at radius 2 is 1.94 bits per heavy atom. The molecule has 0 amide bonds. The van der Waals surface area contributed by atoms with Crippen molar-refractivity contribution in [3.05, 3.63) is 0 Å². The molecule has 3 fully saturated rings. The summed E-state index contributed by atoms with van der Waals surface area (Å²) in [6.45, 7) is 6.40. The van der Waals surface area contributed by atoms with E-state index < -0.39 is 0 Å². The van der Waals surface area contributed by atoms with Crippen LogP contribution in [0.3, 0.4) is 0 Å². The van der Waals surface area contributed by atoms with E-state index in [9.17, 15) is 0 Å². The molecule has 2 aliphatic carbocycles. The van der Waals surface area contributed by atoms with Gasteiger partial charge in [-0.2, -0.15) is 0 Å². The van der Waals surface area contributed by atoms with Crippen molar-refractivity contribution in [1.29, 1.82) is 0 Å². The largest absolute Gasteiger partial charge is 0.312 e. The quantitative estimate of drug-likeness (QED) is 0.786. The summed E-state index contributed by atoms with van der Waals surface area (Å²) in [5.41, 5.74) is 0.618. The van der Waals surface area contributed by atoms with E-state index in [1.54, 1.807) is 0 Å². The van der Waals surface area contributed by atoms with Crippen molar-refractivity contribution in [1.82, 2.24) is 10.2 Å². The third kappa shape index (κ3) is 2.43. The zero-order valence-corrected chi connectivity index (χ0v) is 10.7. The van der Waals surface area contributed by atoms with Gasteiger partial charge in [0.25, 0.3) is 0 Å². The van der Waals surface area contributed by atoms with E-state index in [4.69, 9.17) is 0 Å². The maximum Gasteiger partial charge on any atom is 0.0207 e. The lowest BCUT2D eigenvalue weighted by atomic mass is 9.88. The van der Waals surface area contributed by atoms with Crippen LogP contribution in [0.15, 0.2) is 0 Å². The van der Waals surface area contributed by atoms with E-state index in [0.29, 0.717) is 5.41 Å². The Bertz CT molecular complexity index is 241. The van der Waals surface area contributed by atoms with Gasteiger partial charge in [-0.15, -0.1) is 0 Å². The van der Waals surface area contributed by atoms with Crippen LogP contribution < -0.4 is 5.32 Å². The van der Waals surface area contributed by atoms with E-state index in [2.05, 4.69) is 17.1 Å². The van der Waals surface area contributed by atoms with E-state index >= 15 is 0 Å². The van der Waals surface area contributed by atoms with Crippen LogP contribution in [0.4, 0.5) is 0 Å². The first-order valence-electron chi connectivity index (χ1n) is 7.23.